The number of benzene rings is 1. The summed E-state index contributed by atoms with van der Waals surface area (Å²) in [4.78, 5) is 22.4. The summed E-state index contributed by atoms with van der Waals surface area (Å²) >= 11 is 0. The number of carboxylic acids is 1. The maximum atomic E-state index is 12.5. The van der Waals surface area contributed by atoms with Crippen molar-refractivity contribution in [3.05, 3.63) is 28.7 Å². The van der Waals surface area contributed by atoms with Crippen LogP contribution in [0.5, 0.6) is 0 Å². The van der Waals surface area contributed by atoms with Crippen molar-refractivity contribution < 1.29 is 22.7 Å². The smallest absolute Gasteiger partial charge is 0.419 e. The molecule has 0 radical (unpaired) electrons. The molecule has 3 rings (SSSR count). The molecule has 2 aromatic rings. The maximum Gasteiger partial charge on any atom is 0.419 e. The van der Waals surface area contributed by atoms with Crippen molar-refractivity contribution in [2.45, 2.75) is 30.7 Å². The number of sulfonamides is 1. The van der Waals surface area contributed by atoms with E-state index in [1.807, 2.05) is 0 Å². The number of aliphatic carboxylic acids is 1. The Kier molecular flexibility index (Phi) is 3.99. The van der Waals surface area contributed by atoms with Crippen LogP contribution in [0.1, 0.15) is 19.3 Å². The fraction of sp³-hybridized carbons (Fsp3) is 0.429. The third kappa shape index (κ3) is 2.89. The molecule has 0 spiro atoms. The Balaban J connectivity index is 2.00. The minimum Gasteiger partial charge on any atom is -0.550 e. The number of aryl methyl sites for hydroxylation is 1. The predicted molar refractivity (Wildman–Crippen MR) is 78.1 cm³/mol. The summed E-state index contributed by atoms with van der Waals surface area (Å²) in [6.45, 7) is 0.875. The number of oxazole rings is 1. The van der Waals surface area contributed by atoms with Crippen LogP contribution in [-0.4, -0.2) is 36.3 Å². The van der Waals surface area contributed by atoms with Gasteiger partial charge in [-0.05, 0) is 25.0 Å². The molecule has 124 valence electrons. The molecule has 0 N–H and O–H groups in total. The summed E-state index contributed by atoms with van der Waals surface area (Å²) in [6, 6.07) is 4.17. The van der Waals surface area contributed by atoms with Crippen molar-refractivity contribution in [2.75, 3.05) is 13.1 Å². The first-order valence-corrected chi connectivity index (χ1v) is 8.67. The van der Waals surface area contributed by atoms with E-state index in [0.29, 0.717) is 18.6 Å². The van der Waals surface area contributed by atoms with E-state index in [1.54, 1.807) is 0 Å². The van der Waals surface area contributed by atoms with Gasteiger partial charge in [-0.25, -0.2) is 13.2 Å². The average molecular weight is 339 g/mol. The minimum atomic E-state index is -3.60. The Bertz CT molecular complexity index is 905. The zero-order chi connectivity index (χ0) is 16.6. The number of hydrogen-bond donors (Lipinski definition) is 0. The lowest BCUT2D eigenvalue weighted by molar-refractivity contribution is -0.305. The van der Waals surface area contributed by atoms with Crippen LogP contribution in [0.25, 0.3) is 11.1 Å². The molecule has 0 bridgehead atoms. The van der Waals surface area contributed by atoms with E-state index < -0.39 is 21.7 Å². The molecule has 0 atom stereocenters. The highest BCUT2D eigenvalue weighted by Crippen LogP contribution is 2.24. The molecule has 0 amide bonds. The highest BCUT2D eigenvalue weighted by molar-refractivity contribution is 7.89. The summed E-state index contributed by atoms with van der Waals surface area (Å²) in [6.07, 6.45) is 1.33. The molecule has 0 aliphatic carbocycles. The Morgan fingerprint density at radius 1 is 1.26 bits per heavy atom. The molecular weight excluding hydrogens is 324 g/mol. The van der Waals surface area contributed by atoms with Crippen LogP contribution >= 0.6 is 0 Å². The van der Waals surface area contributed by atoms with E-state index in [4.69, 9.17) is 4.42 Å². The molecule has 1 fully saturated rings. The van der Waals surface area contributed by atoms with Gasteiger partial charge < -0.3 is 14.3 Å². The number of rotatable bonds is 5. The summed E-state index contributed by atoms with van der Waals surface area (Å²) < 4.78 is 32.6. The van der Waals surface area contributed by atoms with Gasteiger partial charge in [0.15, 0.2) is 5.58 Å². The lowest BCUT2D eigenvalue weighted by Crippen LogP contribution is -2.27. The van der Waals surface area contributed by atoms with E-state index in [9.17, 15) is 23.1 Å². The second-order valence-electron chi connectivity index (χ2n) is 5.38. The first-order valence-electron chi connectivity index (χ1n) is 7.23. The van der Waals surface area contributed by atoms with Crippen LogP contribution in [0.4, 0.5) is 0 Å². The van der Waals surface area contributed by atoms with Gasteiger partial charge in [0, 0.05) is 38.1 Å². The highest BCUT2D eigenvalue weighted by Gasteiger charge is 2.27. The van der Waals surface area contributed by atoms with E-state index in [-0.39, 0.29) is 23.4 Å². The van der Waals surface area contributed by atoms with E-state index in [1.165, 1.54) is 22.5 Å². The monoisotopic (exact) mass is 339 g/mol. The number of fused-ring (bicyclic) bond motifs is 1. The van der Waals surface area contributed by atoms with E-state index >= 15 is 0 Å². The standard InChI is InChI=1S/C14H16N2O6S/c17-13(18)5-8-16-11-4-3-10(9-12(11)22-14(16)19)23(20,21)15-6-1-2-7-15/h3-4,9H,1-2,5-8H2,(H,17,18)/p-1. The van der Waals surface area contributed by atoms with Crippen molar-refractivity contribution in [3.63, 3.8) is 0 Å². The Morgan fingerprint density at radius 3 is 2.61 bits per heavy atom. The fourth-order valence-corrected chi connectivity index (χ4v) is 4.23. The molecule has 2 heterocycles. The highest BCUT2D eigenvalue weighted by atomic mass is 32.2. The van der Waals surface area contributed by atoms with Crippen LogP contribution in [-0.2, 0) is 21.4 Å². The molecule has 0 unspecified atom stereocenters. The molecule has 1 saturated heterocycles. The second-order valence-corrected chi connectivity index (χ2v) is 7.32. The number of carbonyl (C=O) groups is 1. The predicted octanol–water partition coefficient (Wildman–Crippen LogP) is -0.481. The zero-order valence-electron chi connectivity index (χ0n) is 12.2. The summed E-state index contributed by atoms with van der Waals surface area (Å²) in [5, 5.41) is 10.5. The summed E-state index contributed by atoms with van der Waals surface area (Å²) in [5.74, 6) is -2.00. The van der Waals surface area contributed by atoms with E-state index in [2.05, 4.69) is 0 Å². The van der Waals surface area contributed by atoms with Gasteiger partial charge in [-0.2, -0.15) is 4.31 Å². The van der Waals surface area contributed by atoms with Crippen molar-refractivity contribution in [2.24, 2.45) is 0 Å². The van der Waals surface area contributed by atoms with Crippen LogP contribution in [0.15, 0.2) is 32.3 Å². The van der Waals surface area contributed by atoms with Gasteiger partial charge in [0.25, 0.3) is 0 Å². The van der Waals surface area contributed by atoms with Crippen LogP contribution in [0.2, 0.25) is 0 Å². The van der Waals surface area contributed by atoms with Gasteiger partial charge in [-0.15, -0.1) is 0 Å². The number of hydrogen-bond acceptors (Lipinski definition) is 6. The van der Waals surface area contributed by atoms with Crippen molar-refractivity contribution in [1.29, 1.82) is 0 Å². The average Bonchev–Trinajstić information content (AvgIpc) is 3.12. The van der Waals surface area contributed by atoms with Crippen LogP contribution in [0, 0.1) is 0 Å². The van der Waals surface area contributed by atoms with E-state index in [0.717, 1.165) is 17.4 Å². The third-order valence-corrected chi connectivity index (χ3v) is 5.78. The summed E-state index contributed by atoms with van der Waals surface area (Å²) in [7, 11) is -3.60. The third-order valence-electron chi connectivity index (χ3n) is 3.88. The van der Waals surface area contributed by atoms with Gasteiger partial charge in [-0.3, -0.25) is 4.57 Å². The number of carboxylic acid groups (broad SMARTS) is 1. The molecule has 1 aliphatic rings. The minimum absolute atomic E-state index is 0.0627. The van der Waals surface area contributed by atoms with Crippen LogP contribution in [0.3, 0.4) is 0 Å². The fourth-order valence-electron chi connectivity index (χ4n) is 2.70. The van der Waals surface area contributed by atoms with Crippen LogP contribution < -0.4 is 10.9 Å². The lowest BCUT2D eigenvalue weighted by Gasteiger charge is -2.15. The maximum absolute atomic E-state index is 12.5. The zero-order valence-corrected chi connectivity index (χ0v) is 13.0. The molecule has 9 heteroatoms. The topological polar surface area (TPSA) is 113 Å². The van der Waals surface area contributed by atoms with Gasteiger partial charge in [0.05, 0.1) is 10.4 Å². The molecule has 1 aromatic heterocycles. The molecule has 8 nitrogen and oxygen atoms in total. The quantitative estimate of drug-likeness (QED) is 0.727. The Morgan fingerprint density at radius 2 is 1.96 bits per heavy atom. The molecular formula is C14H15N2O6S-. The van der Waals surface area contributed by atoms with Gasteiger partial charge in [0.2, 0.25) is 10.0 Å². The second kappa shape index (κ2) is 5.82. The lowest BCUT2D eigenvalue weighted by atomic mass is 10.3. The molecule has 1 aromatic carbocycles. The van der Waals surface area contributed by atoms with Gasteiger partial charge in [-0.1, -0.05) is 0 Å². The molecule has 0 saturated carbocycles. The first kappa shape index (κ1) is 15.8. The van der Waals surface area contributed by atoms with Crippen molar-refractivity contribution in [1.82, 2.24) is 8.87 Å². The SMILES string of the molecule is O=C([O-])CCn1c(=O)oc2cc(S(=O)(=O)N3CCCC3)ccc21. The van der Waals surface area contributed by atoms with Gasteiger partial charge in [0.1, 0.15) is 0 Å². The normalized spacial score (nSPS) is 16.2. The van der Waals surface area contributed by atoms with Gasteiger partial charge >= 0.3 is 5.76 Å². The Hall–Kier alpha value is -2.13. The molecule has 23 heavy (non-hydrogen) atoms. The van der Waals surface area contributed by atoms with Crippen molar-refractivity contribution in [3.8, 4) is 0 Å². The Labute approximate surface area is 132 Å². The van der Waals surface area contributed by atoms with Crippen molar-refractivity contribution >= 4 is 27.1 Å². The number of aromatic nitrogens is 1. The molecule has 1 aliphatic heterocycles. The first-order chi connectivity index (χ1) is 10.9. The largest absolute Gasteiger partial charge is 0.550 e. The number of nitrogens with zero attached hydrogens (tertiary/aromatic N) is 2. The summed E-state index contributed by atoms with van der Waals surface area (Å²) in [5.41, 5.74) is 0.477. The number of carbonyl (C=O) groups excluding carboxylic acids is 1.